The molecule has 0 amide bonds. The lowest BCUT2D eigenvalue weighted by Crippen LogP contribution is -2.01. The van der Waals surface area contributed by atoms with Crippen molar-refractivity contribution in [2.24, 2.45) is 25.4 Å². The molecule has 0 aliphatic carbocycles. The number of aliphatic imine (C=N–C) groups is 1. The number of phenols is 1. The monoisotopic (exact) mass is 631 g/mol. The maximum atomic E-state index is 12.0. The first-order chi connectivity index (χ1) is 20.9. The molecule has 0 spiro atoms. The quantitative estimate of drug-likeness (QED) is 0.0896. The zero-order chi connectivity index (χ0) is 31.6. The van der Waals surface area contributed by atoms with E-state index in [1.165, 1.54) is 36.7 Å². The van der Waals surface area contributed by atoms with Gasteiger partial charge >= 0.3 is 0 Å². The fourth-order valence-corrected chi connectivity index (χ4v) is 5.45. The summed E-state index contributed by atoms with van der Waals surface area (Å²) in [6, 6.07) is 14.6. The maximum absolute atomic E-state index is 12.0. The van der Waals surface area contributed by atoms with Gasteiger partial charge in [0.25, 0.3) is 20.2 Å². The average Bonchev–Trinajstić information content (AvgIpc) is 2.99. The summed E-state index contributed by atoms with van der Waals surface area (Å²) >= 11 is 0. The molecule has 16 heteroatoms. The van der Waals surface area contributed by atoms with Gasteiger partial charge in [-0.1, -0.05) is 12.7 Å². The SMILES string of the molecule is C=Cc1c(S(=O)(=O)O)cc(N=Nc2ccc(N=Nc3ccc4cc(S(=O)(=O)O)ccc4n3)c3cccnc23)c(O)c1N=CC. The molecule has 0 bridgehead atoms. The van der Waals surface area contributed by atoms with Crippen molar-refractivity contribution in [3.63, 3.8) is 0 Å². The van der Waals surface area contributed by atoms with Crippen molar-refractivity contribution in [3.8, 4) is 5.75 Å². The van der Waals surface area contributed by atoms with E-state index in [1.54, 1.807) is 37.3 Å². The Morgan fingerprint density at radius 3 is 2.27 bits per heavy atom. The first-order valence-electron chi connectivity index (χ1n) is 12.5. The van der Waals surface area contributed by atoms with Crippen molar-refractivity contribution >= 4 is 82.9 Å². The smallest absolute Gasteiger partial charge is 0.295 e. The van der Waals surface area contributed by atoms with E-state index in [9.17, 15) is 31.0 Å². The van der Waals surface area contributed by atoms with Crippen molar-refractivity contribution in [3.05, 3.63) is 79.0 Å². The Labute approximate surface area is 250 Å². The van der Waals surface area contributed by atoms with Gasteiger partial charge in [-0.15, -0.1) is 20.5 Å². The van der Waals surface area contributed by atoms with E-state index in [4.69, 9.17) is 0 Å². The highest BCUT2D eigenvalue weighted by atomic mass is 32.2. The minimum absolute atomic E-state index is 0.104. The summed E-state index contributed by atoms with van der Waals surface area (Å²) in [6.45, 7) is 5.10. The van der Waals surface area contributed by atoms with Gasteiger partial charge in [-0.05, 0) is 67.6 Å². The van der Waals surface area contributed by atoms with Crippen molar-refractivity contribution in [1.29, 1.82) is 0 Å². The lowest BCUT2D eigenvalue weighted by Gasteiger charge is -2.10. The lowest BCUT2D eigenvalue weighted by atomic mass is 10.1. The van der Waals surface area contributed by atoms with E-state index < -0.39 is 30.9 Å². The van der Waals surface area contributed by atoms with Crippen LogP contribution in [-0.4, -0.2) is 47.2 Å². The Kier molecular flexibility index (Phi) is 8.07. The number of hydrogen-bond acceptors (Lipinski definition) is 12. The van der Waals surface area contributed by atoms with Crippen LogP contribution in [0.4, 0.5) is 28.6 Å². The molecule has 0 saturated heterocycles. The van der Waals surface area contributed by atoms with E-state index in [-0.39, 0.29) is 33.3 Å². The Bertz CT molecular complexity index is 2290. The number of hydrogen-bond donors (Lipinski definition) is 3. The number of benzene rings is 3. The van der Waals surface area contributed by atoms with Crippen LogP contribution in [0.25, 0.3) is 27.9 Å². The molecule has 14 nitrogen and oxygen atoms in total. The second-order valence-electron chi connectivity index (χ2n) is 8.97. The first kappa shape index (κ1) is 30.2. The van der Waals surface area contributed by atoms with Gasteiger partial charge in [0.05, 0.1) is 21.6 Å². The minimum atomic E-state index is -4.73. The molecular weight excluding hydrogens is 610 g/mol. The highest BCUT2D eigenvalue weighted by molar-refractivity contribution is 7.86. The van der Waals surface area contributed by atoms with E-state index in [0.717, 1.165) is 12.1 Å². The number of nitrogens with zero attached hydrogens (tertiary/aromatic N) is 7. The van der Waals surface area contributed by atoms with E-state index in [1.807, 2.05) is 0 Å². The molecule has 0 unspecified atom stereocenters. The molecule has 0 atom stereocenters. The molecule has 5 rings (SSSR count). The molecule has 0 radical (unpaired) electrons. The molecule has 44 heavy (non-hydrogen) atoms. The highest BCUT2D eigenvalue weighted by Gasteiger charge is 2.23. The summed E-state index contributed by atoms with van der Waals surface area (Å²) < 4.78 is 65.9. The number of aromatic nitrogens is 2. The topological polar surface area (TPSA) is 217 Å². The highest BCUT2D eigenvalue weighted by Crippen LogP contribution is 2.44. The Balaban J connectivity index is 1.52. The van der Waals surface area contributed by atoms with Gasteiger partial charge in [0.1, 0.15) is 22.0 Å². The molecule has 0 fully saturated rings. The van der Waals surface area contributed by atoms with Crippen LogP contribution in [0.2, 0.25) is 0 Å². The van der Waals surface area contributed by atoms with Crippen LogP contribution in [0, 0.1) is 0 Å². The molecule has 0 aliphatic rings. The Morgan fingerprint density at radius 2 is 1.57 bits per heavy atom. The van der Waals surface area contributed by atoms with Crippen LogP contribution in [-0.2, 0) is 20.2 Å². The van der Waals surface area contributed by atoms with Crippen LogP contribution in [0.15, 0.2) is 109 Å². The molecule has 0 aliphatic heterocycles. The summed E-state index contributed by atoms with van der Waals surface area (Å²) in [7, 11) is -9.09. The standard InChI is InChI=1S/C28H21N7O7S2/c1-3-18-24(44(40,41)42)15-23(28(36)27(18)29-4-2)34-33-22-11-10-21(19-6-5-13-30-26(19)22)32-35-25-12-7-16-14-17(43(37,38)39)8-9-20(16)31-25/h3-15,36H,1H2,2H3,(H,37,38,39)(H,40,41,42). The number of phenolic OH excluding ortho intramolecular Hbond substituents is 1. The fraction of sp³-hybridized carbons (Fsp3) is 0.0357. The van der Waals surface area contributed by atoms with Gasteiger partial charge in [-0.25, -0.2) is 4.98 Å². The number of azo groups is 2. The molecule has 3 N–H and O–H groups in total. The van der Waals surface area contributed by atoms with Crippen molar-refractivity contribution in [2.45, 2.75) is 16.7 Å². The third-order valence-electron chi connectivity index (χ3n) is 6.19. The molecule has 3 aromatic carbocycles. The Morgan fingerprint density at radius 1 is 0.841 bits per heavy atom. The van der Waals surface area contributed by atoms with Crippen LogP contribution < -0.4 is 0 Å². The van der Waals surface area contributed by atoms with E-state index in [0.29, 0.717) is 27.5 Å². The van der Waals surface area contributed by atoms with Gasteiger partial charge in [0, 0.05) is 28.7 Å². The average molecular weight is 632 g/mol. The third-order valence-corrected chi connectivity index (χ3v) is 7.93. The van der Waals surface area contributed by atoms with Crippen molar-refractivity contribution < 1.29 is 31.0 Å². The van der Waals surface area contributed by atoms with Gasteiger partial charge in [0.2, 0.25) is 0 Å². The molecular formula is C28H21N7O7S2. The number of fused-ring (bicyclic) bond motifs is 2. The molecule has 0 saturated carbocycles. The second-order valence-corrected chi connectivity index (χ2v) is 11.8. The fourth-order valence-electron chi connectivity index (χ4n) is 4.22. The number of pyridine rings is 2. The van der Waals surface area contributed by atoms with Crippen molar-refractivity contribution in [2.75, 3.05) is 0 Å². The zero-order valence-corrected chi connectivity index (χ0v) is 24.3. The second kappa shape index (κ2) is 11.8. The molecule has 2 heterocycles. The van der Waals surface area contributed by atoms with Gasteiger partial charge in [0.15, 0.2) is 11.6 Å². The van der Waals surface area contributed by atoms with Gasteiger partial charge < -0.3 is 5.11 Å². The van der Waals surface area contributed by atoms with E-state index in [2.05, 4.69) is 42.0 Å². The van der Waals surface area contributed by atoms with Gasteiger partial charge in [-0.3, -0.25) is 19.1 Å². The largest absolute Gasteiger partial charge is 0.504 e. The predicted octanol–water partition coefficient (Wildman–Crippen LogP) is 7.18. The summed E-state index contributed by atoms with van der Waals surface area (Å²) in [6.07, 6.45) is 3.99. The number of aromatic hydroxyl groups is 1. The maximum Gasteiger partial charge on any atom is 0.295 e. The predicted molar refractivity (Wildman–Crippen MR) is 163 cm³/mol. The summed E-state index contributed by atoms with van der Waals surface area (Å²) in [5.41, 5.74) is 0.912. The Hall–Kier alpha value is -5.29. The van der Waals surface area contributed by atoms with E-state index >= 15 is 0 Å². The van der Waals surface area contributed by atoms with Gasteiger partial charge in [-0.2, -0.15) is 16.8 Å². The van der Waals surface area contributed by atoms with Crippen LogP contribution in [0.5, 0.6) is 5.75 Å². The molecule has 5 aromatic rings. The van der Waals surface area contributed by atoms with Crippen molar-refractivity contribution in [1.82, 2.24) is 9.97 Å². The summed E-state index contributed by atoms with van der Waals surface area (Å²) in [4.78, 5) is 11.9. The number of rotatable bonds is 8. The normalized spacial score (nSPS) is 12.7. The van der Waals surface area contributed by atoms with Crippen LogP contribution in [0.1, 0.15) is 12.5 Å². The zero-order valence-electron chi connectivity index (χ0n) is 22.6. The van der Waals surface area contributed by atoms with Crippen LogP contribution >= 0.6 is 0 Å². The van der Waals surface area contributed by atoms with Crippen LogP contribution in [0.3, 0.4) is 0 Å². The summed E-state index contributed by atoms with van der Waals surface area (Å²) in [5.74, 6) is -0.245. The molecule has 222 valence electrons. The third kappa shape index (κ3) is 6.09. The summed E-state index contributed by atoms with van der Waals surface area (Å²) in [5, 5.41) is 28.5. The lowest BCUT2D eigenvalue weighted by molar-refractivity contribution is 0.474. The minimum Gasteiger partial charge on any atom is -0.504 e. The first-order valence-corrected chi connectivity index (χ1v) is 15.4. The molecule has 2 aromatic heterocycles.